The molecule has 0 radical (unpaired) electrons. The molecule has 0 saturated heterocycles. The molecule has 1 fully saturated rings. The van der Waals surface area contributed by atoms with Gasteiger partial charge in [-0.3, -0.25) is 0 Å². The first kappa shape index (κ1) is 13.0. The van der Waals surface area contributed by atoms with Crippen LogP contribution in [0.3, 0.4) is 0 Å². The Hall–Kier alpha value is -1.05. The first-order chi connectivity index (χ1) is 9.28. The van der Waals surface area contributed by atoms with Crippen LogP contribution in [0.2, 0.25) is 0 Å². The predicted octanol–water partition coefficient (Wildman–Crippen LogP) is 2.91. The Morgan fingerprint density at radius 1 is 1.32 bits per heavy atom. The van der Waals surface area contributed by atoms with Crippen LogP contribution in [0.15, 0.2) is 0 Å². The van der Waals surface area contributed by atoms with Crippen LogP contribution in [0.1, 0.15) is 29.5 Å². The zero-order valence-electron chi connectivity index (χ0n) is 11.0. The molecule has 2 aromatic heterocycles. The number of aryl methyl sites for hydroxylation is 1. The van der Waals surface area contributed by atoms with Gasteiger partial charge in [0.2, 0.25) is 5.13 Å². The molecule has 1 aliphatic carbocycles. The number of rotatable bonds is 6. The number of ether oxygens (including phenoxy) is 1. The van der Waals surface area contributed by atoms with Crippen LogP contribution in [0.25, 0.3) is 9.88 Å². The van der Waals surface area contributed by atoms with Crippen LogP contribution in [0.4, 0.5) is 5.13 Å². The number of hydrogen-bond acceptors (Lipinski definition) is 7. The number of methoxy groups -OCH3 is 1. The van der Waals surface area contributed by atoms with E-state index in [4.69, 9.17) is 4.74 Å². The molecule has 102 valence electrons. The normalized spacial score (nSPS) is 14.8. The van der Waals surface area contributed by atoms with Gasteiger partial charge in [0.05, 0.1) is 22.2 Å². The van der Waals surface area contributed by atoms with Crippen molar-refractivity contribution in [3.8, 4) is 9.88 Å². The average molecular weight is 296 g/mol. The fourth-order valence-corrected chi connectivity index (χ4v) is 3.73. The Balaban J connectivity index is 1.78. The first-order valence-corrected chi connectivity index (χ1v) is 7.95. The summed E-state index contributed by atoms with van der Waals surface area (Å²) >= 11 is 3.31. The molecule has 0 spiro atoms. The lowest BCUT2D eigenvalue weighted by Gasteiger charge is -1.98. The second-order valence-electron chi connectivity index (χ2n) is 4.55. The number of anilines is 1. The van der Waals surface area contributed by atoms with Crippen LogP contribution in [0.5, 0.6) is 0 Å². The van der Waals surface area contributed by atoms with Gasteiger partial charge in [-0.1, -0.05) is 11.3 Å². The third-order valence-corrected chi connectivity index (χ3v) is 4.95. The molecule has 19 heavy (non-hydrogen) atoms. The number of hydrogen-bond donors (Lipinski definition) is 1. The zero-order valence-corrected chi connectivity index (χ0v) is 12.6. The Labute approximate surface area is 120 Å². The van der Waals surface area contributed by atoms with Crippen LogP contribution in [-0.4, -0.2) is 35.4 Å². The molecule has 3 rings (SSSR count). The van der Waals surface area contributed by atoms with Gasteiger partial charge < -0.3 is 10.1 Å². The standard InChI is InChI=1S/C12H16N4OS2/c1-7-14-9(8-3-4-8)10(18-7)11-15-16-12(19-11)13-5-6-17-2/h8H,3-6H2,1-2H3,(H,13,16). The van der Waals surface area contributed by atoms with Gasteiger partial charge in [-0.25, -0.2) is 4.98 Å². The summed E-state index contributed by atoms with van der Waals surface area (Å²) in [5.74, 6) is 0.647. The zero-order chi connectivity index (χ0) is 13.2. The van der Waals surface area contributed by atoms with Crippen LogP contribution < -0.4 is 5.32 Å². The summed E-state index contributed by atoms with van der Waals surface area (Å²) < 4.78 is 5.00. The van der Waals surface area contributed by atoms with E-state index in [0.717, 1.165) is 21.7 Å². The minimum absolute atomic E-state index is 0.647. The van der Waals surface area contributed by atoms with Gasteiger partial charge in [-0.15, -0.1) is 21.5 Å². The maximum atomic E-state index is 5.00. The van der Waals surface area contributed by atoms with Gasteiger partial charge in [-0.2, -0.15) is 0 Å². The highest BCUT2D eigenvalue weighted by molar-refractivity contribution is 7.23. The molecular formula is C12H16N4OS2. The molecule has 1 aliphatic rings. The van der Waals surface area contributed by atoms with Crippen LogP contribution in [0, 0.1) is 6.92 Å². The van der Waals surface area contributed by atoms with Crippen molar-refractivity contribution < 1.29 is 4.74 Å². The highest BCUT2D eigenvalue weighted by Crippen LogP contribution is 2.46. The lowest BCUT2D eigenvalue weighted by atomic mass is 10.2. The van der Waals surface area contributed by atoms with Gasteiger partial charge >= 0.3 is 0 Å². The molecule has 7 heteroatoms. The topological polar surface area (TPSA) is 59.9 Å². The summed E-state index contributed by atoms with van der Waals surface area (Å²) in [6.07, 6.45) is 2.52. The molecule has 1 saturated carbocycles. The third-order valence-electron chi connectivity index (χ3n) is 2.93. The molecule has 2 heterocycles. The van der Waals surface area contributed by atoms with Crippen molar-refractivity contribution in [1.82, 2.24) is 15.2 Å². The maximum absolute atomic E-state index is 5.00. The fourth-order valence-electron chi connectivity index (χ4n) is 1.88. The van der Waals surface area contributed by atoms with E-state index in [0.29, 0.717) is 12.5 Å². The highest BCUT2D eigenvalue weighted by atomic mass is 32.1. The SMILES string of the molecule is COCCNc1nnc(-c2sc(C)nc2C2CC2)s1. The molecule has 5 nitrogen and oxygen atoms in total. The lowest BCUT2D eigenvalue weighted by Crippen LogP contribution is -2.06. The number of nitrogens with one attached hydrogen (secondary N) is 1. The fraction of sp³-hybridized carbons (Fsp3) is 0.583. The van der Waals surface area contributed by atoms with E-state index in [-0.39, 0.29) is 0 Å². The Morgan fingerprint density at radius 2 is 2.16 bits per heavy atom. The second-order valence-corrected chi connectivity index (χ2v) is 6.73. The molecule has 0 amide bonds. The second kappa shape index (κ2) is 5.52. The quantitative estimate of drug-likeness (QED) is 0.831. The van der Waals surface area contributed by atoms with E-state index in [1.165, 1.54) is 23.4 Å². The van der Waals surface area contributed by atoms with Crippen molar-refractivity contribution >= 4 is 27.8 Å². The lowest BCUT2D eigenvalue weighted by molar-refractivity contribution is 0.211. The molecular weight excluding hydrogens is 280 g/mol. The van der Waals surface area contributed by atoms with Crippen LogP contribution >= 0.6 is 22.7 Å². The van der Waals surface area contributed by atoms with E-state index < -0.39 is 0 Å². The van der Waals surface area contributed by atoms with E-state index in [9.17, 15) is 0 Å². The Kier molecular flexibility index (Phi) is 3.76. The Bertz CT molecular complexity index is 562. The van der Waals surface area contributed by atoms with E-state index in [1.54, 1.807) is 29.8 Å². The van der Waals surface area contributed by atoms with Gasteiger partial charge in [-0.05, 0) is 19.8 Å². The number of aromatic nitrogens is 3. The van der Waals surface area contributed by atoms with Gasteiger partial charge in [0, 0.05) is 19.6 Å². The summed E-state index contributed by atoms with van der Waals surface area (Å²) in [7, 11) is 1.69. The van der Waals surface area contributed by atoms with E-state index in [1.807, 2.05) is 0 Å². The van der Waals surface area contributed by atoms with Gasteiger partial charge in [0.15, 0.2) is 5.01 Å². The number of thiazole rings is 1. The Morgan fingerprint density at radius 3 is 2.89 bits per heavy atom. The van der Waals surface area contributed by atoms with Crippen molar-refractivity contribution in [2.75, 3.05) is 25.6 Å². The summed E-state index contributed by atoms with van der Waals surface area (Å²) in [4.78, 5) is 5.86. The minimum Gasteiger partial charge on any atom is -0.383 e. The summed E-state index contributed by atoms with van der Waals surface area (Å²) in [6, 6.07) is 0. The first-order valence-electron chi connectivity index (χ1n) is 6.32. The summed E-state index contributed by atoms with van der Waals surface area (Å²) in [6.45, 7) is 3.48. The smallest absolute Gasteiger partial charge is 0.206 e. The monoisotopic (exact) mass is 296 g/mol. The van der Waals surface area contributed by atoms with Gasteiger partial charge in [0.25, 0.3) is 0 Å². The van der Waals surface area contributed by atoms with Crippen molar-refractivity contribution in [3.05, 3.63) is 10.7 Å². The summed E-state index contributed by atoms with van der Waals surface area (Å²) in [5, 5.41) is 14.6. The molecule has 0 aliphatic heterocycles. The van der Waals surface area contributed by atoms with Gasteiger partial charge in [0.1, 0.15) is 0 Å². The highest BCUT2D eigenvalue weighted by Gasteiger charge is 2.30. The van der Waals surface area contributed by atoms with Crippen LogP contribution in [-0.2, 0) is 4.74 Å². The molecule has 0 unspecified atom stereocenters. The van der Waals surface area contributed by atoms with Crippen molar-refractivity contribution in [1.29, 1.82) is 0 Å². The molecule has 0 atom stereocenters. The average Bonchev–Trinajstić information content (AvgIpc) is 3.01. The maximum Gasteiger partial charge on any atom is 0.206 e. The predicted molar refractivity (Wildman–Crippen MR) is 78.1 cm³/mol. The third kappa shape index (κ3) is 2.93. The summed E-state index contributed by atoms with van der Waals surface area (Å²) in [5.41, 5.74) is 1.22. The minimum atomic E-state index is 0.647. The molecule has 1 N–H and O–H groups in total. The molecule has 2 aromatic rings. The number of nitrogens with zero attached hydrogens (tertiary/aromatic N) is 3. The van der Waals surface area contributed by atoms with E-state index in [2.05, 4.69) is 27.4 Å². The van der Waals surface area contributed by atoms with Crippen molar-refractivity contribution in [2.24, 2.45) is 0 Å². The molecule has 0 aromatic carbocycles. The largest absolute Gasteiger partial charge is 0.383 e. The molecule has 0 bridgehead atoms. The van der Waals surface area contributed by atoms with Crippen molar-refractivity contribution in [3.63, 3.8) is 0 Å². The van der Waals surface area contributed by atoms with E-state index >= 15 is 0 Å². The van der Waals surface area contributed by atoms with Crippen molar-refractivity contribution in [2.45, 2.75) is 25.7 Å².